The van der Waals surface area contributed by atoms with Gasteiger partial charge in [0.1, 0.15) is 0 Å². The number of amides is 1. The summed E-state index contributed by atoms with van der Waals surface area (Å²) in [5.41, 5.74) is 7.41. The van der Waals surface area contributed by atoms with Crippen molar-refractivity contribution in [2.24, 2.45) is 11.7 Å². The van der Waals surface area contributed by atoms with Crippen LogP contribution in [0.4, 0.5) is 0 Å². The largest absolute Gasteiger partial charge is 0.369 e. The van der Waals surface area contributed by atoms with Crippen LogP contribution >= 0.6 is 0 Å². The zero-order valence-electron chi connectivity index (χ0n) is 12.7. The molecule has 0 radical (unpaired) electrons. The summed E-state index contributed by atoms with van der Waals surface area (Å²) in [6.45, 7) is 7.03. The van der Waals surface area contributed by atoms with Crippen LogP contribution < -0.4 is 5.73 Å². The molecule has 106 valence electrons. The van der Waals surface area contributed by atoms with Crippen molar-refractivity contribution in [1.29, 1.82) is 0 Å². The lowest BCUT2D eigenvalue weighted by molar-refractivity contribution is -0.125. The van der Waals surface area contributed by atoms with Crippen LogP contribution in [0.15, 0.2) is 24.3 Å². The van der Waals surface area contributed by atoms with E-state index in [4.69, 9.17) is 5.73 Å². The van der Waals surface area contributed by atoms with Gasteiger partial charge < -0.3 is 10.6 Å². The molecular formula is C16H26N2O. The number of rotatable bonds is 6. The number of carbonyl (C=O) groups excluding carboxylic acids is 1. The van der Waals surface area contributed by atoms with Crippen LogP contribution in [-0.4, -0.2) is 31.4 Å². The van der Waals surface area contributed by atoms with Gasteiger partial charge in [-0.2, -0.15) is 0 Å². The second-order valence-electron chi connectivity index (χ2n) is 5.91. The number of nitrogens with zero attached hydrogens (tertiary/aromatic N) is 1. The fraction of sp³-hybridized carbons (Fsp3) is 0.562. The third-order valence-corrected chi connectivity index (χ3v) is 3.95. The molecule has 3 heteroatoms. The van der Waals surface area contributed by atoms with Gasteiger partial charge in [-0.05, 0) is 45.5 Å². The molecule has 1 amide bonds. The lowest BCUT2D eigenvalue weighted by atomic mass is 9.68. The van der Waals surface area contributed by atoms with Gasteiger partial charge in [-0.25, -0.2) is 0 Å². The highest BCUT2D eigenvalue weighted by Gasteiger charge is 2.41. The van der Waals surface area contributed by atoms with Crippen molar-refractivity contribution < 1.29 is 4.79 Å². The number of hydrogen-bond acceptors (Lipinski definition) is 2. The summed E-state index contributed by atoms with van der Waals surface area (Å²) in [7, 11) is 4.03. The molecule has 0 aliphatic carbocycles. The lowest BCUT2D eigenvalue weighted by Gasteiger charge is -2.36. The maximum Gasteiger partial charge on any atom is 0.228 e. The van der Waals surface area contributed by atoms with Crippen molar-refractivity contribution >= 4 is 5.91 Å². The average molecular weight is 262 g/mol. The lowest BCUT2D eigenvalue weighted by Crippen LogP contribution is -2.47. The van der Waals surface area contributed by atoms with Gasteiger partial charge in [-0.1, -0.05) is 43.7 Å². The van der Waals surface area contributed by atoms with Crippen molar-refractivity contribution in [2.45, 2.75) is 32.6 Å². The minimum absolute atomic E-state index is 0.174. The smallest absolute Gasteiger partial charge is 0.228 e. The van der Waals surface area contributed by atoms with E-state index in [1.807, 2.05) is 45.3 Å². The molecule has 0 bridgehead atoms. The van der Waals surface area contributed by atoms with Gasteiger partial charge in [-0.3, -0.25) is 4.79 Å². The number of nitrogens with two attached hydrogens (primary N) is 1. The van der Waals surface area contributed by atoms with Crippen molar-refractivity contribution in [2.75, 3.05) is 20.6 Å². The van der Waals surface area contributed by atoms with Crippen LogP contribution in [-0.2, 0) is 10.2 Å². The Hall–Kier alpha value is -1.35. The normalized spacial score (nSPS) is 14.7. The SMILES string of the molecule is Cc1ccc(C(CCN(C)C)(C(N)=O)C(C)C)cc1. The Bertz CT molecular complexity index is 423. The highest BCUT2D eigenvalue weighted by molar-refractivity contribution is 5.87. The Balaban J connectivity index is 3.23. The first-order chi connectivity index (χ1) is 8.80. The van der Waals surface area contributed by atoms with Crippen molar-refractivity contribution in [3.8, 4) is 0 Å². The van der Waals surface area contributed by atoms with Gasteiger partial charge in [0, 0.05) is 0 Å². The molecule has 0 aromatic heterocycles. The van der Waals surface area contributed by atoms with Crippen LogP contribution in [0.1, 0.15) is 31.4 Å². The summed E-state index contributed by atoms with van der Waals surface area (Å²) >= 11 is 0. The highest BCUT2D eigenvalue weighted by atomic mass is 16.1. The van der Waals surface area contributed by atoms with E-state index in [0.29, 0.717) is 0 Å². The molecule has 1 rings (SSSR count). The number of carbonyl (C=O) groups is 1. The van der Waals surface area contributed by atoms with E-state index in [9.17, 15) is 4.79 Å². The quantitative estimate of drug-likeness (QED) is 0.855. The molecule has 0 aliphatic heterocycles. The number of primary amides is 1. The minimum Gasteiger partial charge on any atom is -0.369 e. The molecule has 0 fully saturated rings. The molecule has 0 aliphatic rings. The summed E-state index contributed by atoms with van der Waals surface area (Å²) in [5.74, 6) is -0.0548. The molecule has 2 N–H and O–H groups in total. The first-order valence-corrected chi connectivity index (χ1v) is 6.82. The van der Waals surface area contributed by atoms with E-state index in [0.717, 1.165) is 18.5 Å². The number of aryl methyl sites for hydroxylation is 1. The Labute approximate surface area is 116 Å². The first kappa shape index (κ1) is 15.7. The van der Waals surface area contributed by atoms with Crippen LogP contribution in [0.5, 0.6) is 0 Å². The maximum absolute atomic E-state index is 12.2. The van der Waals surface area contributed by atoms with Crippen LogP contribution in [0.2, 0.25) is 0 Å². The third-order valence-electron chi connectivity index (χ3n) is 3.95. The Morgan fingerprint density at radius 2 is 1.79 bits per heavy atom. The Morgan fingerprint density at radius 1 is 1.26 bits per heavy atom. The van der Waals surface area contributed by atoms with E-state index in [1.165, 1.54) is 5.56 Å². The van der Waals surface area contributed by atoms with E-state index in [2.05, 4.69) is 18.7 Å². The summed E-state index contributed by atoms with van der Waals surface area (Å²) < 4.78 is 0. The summed E-state index contributed by atoms with van der Waals surface area (Å²) in [5, 5.41) is 0. The second-order valence-corrected chi connectivity index (χ2v) is 5.91. The molecule has 1 aromatic rings. The molecule has 0 saturated heterocycles. The first-order valence-electron chi connectivity index (χ1n) is 6.82. The molecule has 0 heterocycles. The molecule has 1 atom stereocenters. The van der Waals surface area contributed by atoms with Gasteiger partial charge in [0.15, 0.2) is 0 Å². The number of hydrogen-bond donors (Lipinski definition) is 1. The molecule has 19 heavy (non-hydrogen) atoms. The fourth-order valence-corrected chi connectivity index (χ4v) is 2.57. The van der Waals surface area contributed by atoms with Gasteiger partial charge in [0.2, 0.25) is 5.91 Å². The average Bonchev–Trinajstić information content (AvgIpc) is 2.30. The fourth-order valence-electron chi connectivity index (χ4n) is 2.57. The summed E-state index contributed by atoms with van der Waals surface area (Å²) in [6.07, 6.45) is 0.746. The molecule has 1 aromatic carbocycles. The molecule has 1 unspecified atom stereocenters. The van der Waals surface area contributed by atoms with Gasteiger partial charge in [0.25, 0.3) is 0 Å². The molecular weight excluding hydrogens is 236 g/mol. The standard InChI is InChI=1S/C16H26N2O/c1-12(2)16(15(17)19,10-11-18(4)5)14-8-6-13(3)7-9-14/h6-9,12H,10-11H2,1-5H3,(H2,17,19). The maximum atomic E-state index is 12.2. The summed E-state index contributed by atoms with van der Waals surface area (Å²) in [4.78, 5) is 14.3. The molecule has 0 spiro atoms. The zero-order chi connectivity index (χ0) is 14.6. The summed E-state index contributed by atoms with van der Waals surface area (Å²) in [6, 6.07) is 8.17. The predicted molar refractivity (Wildman–Crippen MR) is 80.1 cm³/mol. The van der Waals surface area contributed by atoms with Crippen molar-refractivity contribution in [3.05, 3.63) is 35.4 Å². The molecule has 0 saturated carbocycles. The minimum atomic E-state index is -0.585. The Kier molecular flexibility index (Phi) is 5.12. The van der Waals surface area contributed by atoms with Gasteiger partial charge in [-0.15, -0.1) is 0 Å². The zero-order valence-corrected chi connectivity index (χ0v) is 12.7. The van der Waals surface area contributed by atoms with Gasteiger partial charge in [0.05, 0.1) is 5.41 Å². The predicted octanol–water partition coefficient (Wildman–Crippen LogP) is 2.33. The molecule has 3 nitrogen and oxygen atoms in total. The third kappa shape index (κ3) is 3.35. The van der Waals surface area contributed by atoms with Gasteiger partial charge >= 0.3 is 0 Å². The van der Waals surface area contributed by atoms with E-state index >= 15 is 0 Å². The van der Waals surface area contributed by atoms with Crippen LogP contribution in [0, 0.1) is 12.8 Å². The van der Waals surface area contributed by atoms with Crippen molar-refractivity contribution in [1.82, 2.24) is 4.90 Å². The van der Waals surface area contributed by atoms with E-state index in [1.54, 1.807) is 0 Å². The topological polar surface area (TPSA) is 46.3 Å². The highest BCUT2D eigenvalue weighted by Crippen LogP contribution is 2.36. The van der Waals surface area contributed by atoms with E-state index in [-0.39, 0.29) is 11.8 Å². The van der Waals surface area contributed by atoms with E-state index < -0.39 is 5.41 Å². The van der Waals surface area contributed by atoms with Crippen LogP contribution in [0.25, 0.3) is 0 Å². The Morgan fingerprint density at radius 3 is 2.16 bits per heavy atom. The number of benzene rings is 1. The second kappa shape index (κ2) is 6.20. The van der Waals surface area contributed by atoms with Crippen molar-refractivity contribution in [3.63, 3.8) is 0 Å². The van der Waals surface area contributed by atoms with Crippen LogP contribution in [0.3, 0.4) is 0 Å². The monoisotopic (exact) mass is 262 g/mol.